The van der Waals surface area contributed by atoms with Gasteiger partial charge in [-0.15, -0.1) is 11.3 Å². The van der Waals surface area contributed by atoms with Crippen LogP contribution in [0.25, 0.3) is 10.6 Å². The number of benzene rings is 1. The predicted octanol–water partition coefficient (Wildman–Crippen LogP) is 3.14. The molecule has 0 saturated carbocycles. The summed E-state index contributed by atoms with van der Waals surface area (Å²) in [6.07, 6.45) is 1.61. The fourth-order valence-corrected chi connectivity index (χ4v) is 2.48. The van der Waals surface area contributed by atoms with Crippen molar-refractivity contribution < 1.29 is 9.47 Å². The molecule has 0 aliphatic heterocycles. The topological polar surface area (TPSA) is 81.2 Å². The molecule has 3 N–H and O–H groups in total. The van der Waals surface area contributed by atoms with Crippen molar-refractivity contribution in [3.05, 3.63) is 29.3 Å². The van der Waals surface area contributed by atoms with Crippen molar-refractivity contribution in [1.29, 1.82) is 5.41 Å². The number of aromatic nitrogens is 1. The van der Waals surface area contributed by atoms with E-state index in [0.717, 1.165) is 16.3 Å². The number of rotatable bonds is 6. The highest BCUT2D eigenvalue weighted by Crippen LogP contribution is 2.34. The SMILES string of the molecule is COc1cc(-c2ncc(C(=N)N)s2)ccc1OCC(C)C. The number of methoxy groups -OCH3 is 1. The molecule has 6 heteroatoms. The molecule has 1 aromatic carbocycles. The normalized spacial score (nSPS) is 10.7. The van der Waals surface area contributed by atoms with Crippen LogP contribution in [0.1, 0.15) is 18.7 Å². The molecule has 0 spiro atoms. The second kappa shape index (κ2) is 6.58. The van der Waals surface area contributed by atoms with Gasteiger partial charge in [0.1, 0.15) is 10.8 Å². The van der Waals surface area contributed by atoms with E-state index in [1.165, 1.54) is 11.3 Å². The second-order valence-electron chi connectivity index (χ2n) is 5.01. The van der Waals surface area contributed by atoms with Gasteiger partial charge in [-0.1, -0.05) is 13.8 Å². The molecular formula is C15H19N3O2S. The number of nitrogens with zero attached hydrogens (tertiary/aromatic N) is 1. The Morgan fingerprint density at radius 1 is 1.38 bits per heavy atom. The van der Waals surface area contributed by atoms with Crippen LogP contribution in [0.5, 0.6) is 11.5 Å². The van der Waals surface area contributed by atoms with Crippen molar-refractivity contribution in [3.8, 4) is 22.1 Å². The van der Waals surface area contributed by atoms with Crippen LogP contribution < -0.4 is 15.2 Å². The maximum Gasteiger partial charge on any atom is 0.161 e. The first kappa shape index (κ1) is 15.3. The molecule has 0 fully saturated rings. The van der Waals surface area contributed by atoms with E-state index in [2.05, 4.69) is 18.8 Å². The Labute approximate surface area is 128 Å². The summed E-state index contributed by atoms with van der Waals surface area (Å²) < 4.78 is 11.1. The van der Waals surface area contributed by atoms with Crippen LogP contribution in [0.3, 0.4) is 0 Å². The molecule has 1 aromatic heterocycles. The van der Waals surface area contributed by atoms with Crippen molar-refractivity contribution in [2.45, 2.75) is 13.8 Å². The lowest BCUT2D eigenvalue weighted by molar-refractivity contribution is 0.257. The number of nitrogen functional groups attached to an aromatic ring is 1. The highest BCUT2D eigenvalue weighted by molar-refractivity contribution is 7.16. The van der Waals surface area contributed by atoms with Crippen LogP contribution in [-0.4, -0.2) is 24.5 Å². The van der Waals surface area contributed by atoms with E-state index in [1.54, 1.807) is 13.3 Å². The molecule has 5 nitrogen and oxygen atoms in total. The van der Waals surface area contributed by atoms with Crippen molar-refractivity contribution in [1.82, 2.24) is 4.98 Å². The summed E-state index contributed by atoms with van der Waals surface area (Å²) >= 11 is 1.38. The summed E-state index contributed by atoms with van der Waals surface area (Å²) in [7, 11) is 1.62. The molecule has 0 atom stereocenters. The molecule has 0 saturated heterocycles. The quantitative estimate of drug-likeness (QED) is 0.634. The third-order valence-electron chi connectivity index (χ3n) is 2.75. The van der Waals surface area contributed by atoms with Crippen LogP contribution in [-0.2, 0) is 0 Å². The molecule has 0 unspecified atom stereocenters. The number of thiazole rings is 1. The average Bonchev–Trinajstić information content (AvgIpc) is 2.94. The van der Waals surface area contributed by atoms with E-state index < -0.39 is 0 Å². The van der Waals surface area contributed by atoms with Gasteiger partial charge in [0.2, 0.25) is 0 Å². The zero-order valence-electron chi connectivity index (χ0n) is 12.3. The van der Waals surface area contributed by atoms with Crippen LogP contribution in [0.2, 0.25) is 0 Å². The van der Waals surface area contributed by atoms with E-state index in [0.29, 0.717) is 23.2 Å². The number of amidine groups is 1. The molecule has 0 bridgehead atoms. The standard InChI is InChI=1S/C15H19N3O2S/c1-9(2)8-20-11-5-4-10(6-12(11)19-3)15-18-7-13(21-15)14(16)17/h4-7,9H,8H2,1-3H3,(H3,16,17). The largest absolute Gasteiger partial charge is 0.493 e. The molecule has 21 heavy (non-hydrogen) atoms. The maximum atomic E-state index is 7.42. The van der Waals surface area contributed by atoms with Crippen LogP contribution in [0, 0.1) is 11.3 Å². The Morgan fingerprint density at radius 2 is 2.14 bits per heavy atom. The van der Waals surface area contributed by atoms with Crippen molar-refractivity contribution in [3.63, 3.8) is 0 Å². The molecule has 0 aliphatic rings. The molecule has 0 aliphatic carbocycles. The highest BCUT2D eigenvalue weighted by Gasteiger charge is 2.11. The number of hydrogen-bond donors (Lipinski definition) is 2. The van der Waals surface area contributed by atoms with Gasteiger partial charge in [-0.05, 0) is 24.1 Å². The van der Waals surface area contributed by atoms with Gasteiger partial charge in [-0.2, -0.15) is 0 Å². The summed E-state index contributed by atoms with van der Waals surface area (Å²) in [4.78, 5) is 4.94. The fourth-order valence-electron chi connectivity index (χ4n) is 1.71. The second-order valence-corrected chi connectivity index (χ2v) is 6.04. The Bertz CT molecular complexity index is 638. The van der Waals surface area contributed by atoms with E-state index in [1.807, 2.05) is 18.2 Å². The zero-order valence-corrected chi connectivity index (χ0v) is 13.2. The highest BCUT2D eigenvalue weighted by atomic mass is 32.1. The molecule has 112 valence electrons. The minimum absolute atomic E-state index is 0.0302. The number of nitrogens with one attached hydrogen (secondary N) is 1. The lowest BCUT2D eigenvalue weighted by atomic mass is 10.2. The van der Waals surface area contributed by atoms with Gasteiger partial charge in [0.25, 0.3) is 0 Å². The van der Waals surface area contributed by atoms with Crippen molar-refractivity contribution in [2.24, 2.45) is 11.7 Å². The van der Waals surface area contributed by atoms with E-state index in [9.17, 15) is 0 Å². The van der Waals surface area contributed by atoms with Crippen molar-refractivity contribution >= 4 is 17.2 Å². The first-order valence-electron chi connectivity index (χ1n) is 6.62. The smallest absolute Gasteiger partial charge is 0.161 e. The first-order chi connectivity index (χ1) is 10.0. The first-order valence-corrected chi connectivity index (χ1v) is 7.44. The van der Waals surface area contributed by atoms with Gasteiger partial charge in [0, 0.05) is 11.8 Å². The van der Waals surface area contributed by atoms with Gasteiger partial charge in [-0.3, -0.25) is 5.41 Å². The summed E-state index contributed by atoms with van der Waals surface area (Å²) in [5.41, 5.74) is 6.38. The lowest BCUT2D eigenvalue weighted by Crippen LogP contribution is -2.08. The Kier molecular flexibility index (Phi) is 4.80. The number of ether oxygens (including phenoxy) is 2. The third-order valence-corrected chi connectivity index (χ3v) is 3.83. The monoisotopic (exact) mass is 305 g/mol. The average molecular weight is 305 g/mol. The van der Waals surface area contributed by atoms with E-state index >= 15 is 0 Å². The molecular weight excluding hydrogens is 286 g/mol. The van der Waals surface area contributed by atoms with Gasteiger partial charge in [0.15, 0.2) is 11.5 Å². The van der Waals surface area contributed by atoms with Gasteiger partial charge < -0.3 is 15.2 Å². The summed E-state index contributed by atoms with van der Waals surface area (Å²) in [5, 5.41) is 8.22. The minimum Gasteiger partial charge on any atom is -0.493 e. The number of nitrogens with two attached hydrogens (primary N) is 1. The fraction of sp³-hybridized carbons (Fsp3) is 0.333. The molecule has 1 heterocycles. The predicted molar refractivity (Wildman–Crippen MR) is 85.5 cm³/mol. The number of hydrogen-bond acceptors (Lipinski definition) is 5. The summed E-state index contributed by atoms with van der Waals surface area (Å²) in [6, 6.07) is 5.70. The Hall–Kier alpha value is -2.08. The van der Waals surface area contributed by atoms with Crippen LogP contribution >= 0.6 is 11.3 Å². The van der Waals surface area contributed by atoms with Gasteiger partial charge in [0.05, 0.1) is 18.6 Å². The van der Waals surface area contributed by atoms with E-state index in [4.69, 9.17) is 20.6 Å². The van der Waals surface area contributed by atoms with Gasteiger partial charge >= 0.3 is 0 Å². The molecule has 0 radical (unpaired) electrons. The molecule has 2 aromatic rings. The van der Waals surface area contributed by atoms with Crippen LogP contribution in [0.15, 0.2) is 24.4 Å². The minimum atomic E-state index is 0.0302. The zero-order chi connectivity index (χ0) is 15.4. The van der Waals surface area contributed by atoms with Gasteiger partial charge in [-0.25, -0.2) is 4.98 Å². The lowest BCUT2D eigenvalue weighted by Gasteiger charge is -2.13. The molecule has 2 rings (SSSR count). The summed E-state index contributed by atoms with van der Waals surface area (Å²) in [6.45, 7) is 4.83. The van der Waals surface area contributed by atoms with Crippen LogP contribution in [0.4, 0.5) is 0 Å². The third kappa shape index (κ3) is 3.72. The van der Waals surface area contributed by atoms with E-state index in [-0.39, 0.29) is 5.84 Å². The molecule has 0 amide bonds. The summed E-state index contributed by atoms with van der Waals surface area (Å²) in [5.74, 6) is 1.88. The van der Waals surface area contributed by atoms with Crippen molar-refractivity contribution in [2.75, 3.05) is 13.7 Å². The Morgan fingerprint density at radius 3 is 2.71 bits per heavy atom. The Balaban J connectivity index is 2.27. The maximum absolute atomic E-state index is 7.42.